The van der Waals surface area contributed by atoms with Gasteiger partial charge in [0.2, 0.25) is 0 Å². The largest absolute Gasteiger partial charge is 0.493 e. The van der Waals surface area contributed by atoms with Crippen molar-refractivity contribution < 1.29 is 9.84 Å². The molecule has 4 heteroatoms. The van der Waals surface area contributed by atoms with Crippen molar-refractivity contribution >= 4 is 27.5 Å². The van der Waals surface area contributed by atoms with Gasteiger partial charge in [-0.1, -0.05) is 39.7 Å². The molecule has 1 aliphatic rings. The molecule has 0 aromatic heterocycles. The molecule has 1 aliphatic heterocycles. The van der Waals surface area contributed by atoms with Crippen LogP contribution in [0.1, 0.15) is 22.6 Å². The first-order chi connectivity index (χ1) is 10.2. The van der Waals surface area contributed by atoms with Crippen molar-refractivity contribution in [2.75, 3.05) is 13.2 Å². The molecule has 3 rings (SSSR count). The number of hydrogen-bond acceptors (Lipinski definition) is 2. The van der Waals surface area contributed by atoms with Gasteiger partial charge < -0.3 is 9.84 Å². The molecule has 0 amide bonds. The molecule has 1 atom stereocenters. The lowest BCUT2D eigenvalue weighted by atomic mass is 9.91. The van der Waals surface area contributed by atoms with Crippen LogP contribution >= 0.6 is 27.5 Å². The summed E-state index contributed by atoms with van der Waals surface area (Å²) in [5.41, 5.74) is 3.48. The van der Waals surface area contributed by atoms with Gasteiger partial charge in [-0.05, 0) is 47.4 Å². The van der Waals surface area contributed by atoms with Gasteiger partial charge in [-0.25, -0.2) is 0 Å². The second-order valence-electron chi connectivity index (χ2n) is 5.29. The van der Waals surface area contributed by atoms with Gasteiger partial charge in [0.15, 0.2) is 0 Å². The highest BCUT2D eigenvalue weighted by atomic mass is 79.9. The Balaban J connectivity index is 1.89. The molecule has 0 bridgehead atoms. The third-order valence-corrected chi connectivity index (χ3v) is 4.56. The fourth-order valence-corrected chi connectivity index (χ4v) is 3.46. The van der Waals surface area contributed by atoms with Crippen molar-refractivity contribution in [3.63, 3.8) is 0 Å². The Morgan fingerprint density at radius 1 is 1.24 bits per heavy atom. The van der Waals surface area contributed by atoms with E-state index in [1.807, 2.05) is 24.3 Å². The van der Waals surface area contributed by atoms with Gasteiger partial charge in [0, 0.05) is 21.8 Å². The van der Waals surface area contributed by atoms with Crippen molar-refractivity contribution in [3.05, 3.63) is 62.6 Å². The molecule has 0 aliphatic carbocycles. The number of rotatable bonds is 4. The van der Waals surface area contributed by atoms with Gasteiger partial charge in [0.1, 0.15) is 5.75 Å². The molecule has 0 spiro atoms. The molecule has 0 saturated carbocycles. The van der Waals surface area contributed by atoms with Crippen molar-refractivity contribution in [3.8, 4) is 5.75 Å². The Morgan fingerprint density at radius 2 is 2.00 bits per heavy atom. The first-order valence-electron chi connectivity index (χ1n) is 6.98. The lowest BCUT2D eigenvalue weighted by Crippen LogP contribution is -2.08. The first kappa shape index (κ1) is 14.9. The fraction of sp³-hybridized carbons (Fsp3) is 0.294. The zero-order chi connectivity index (χ0) is 14.8. The minimum Gasteiger partial charge on any atom is -0.493 e. The minimum atomic E-state index is 0.0462. The summed E-state index contributed by atoms with van der Waals surface area (Å²) >= 11 is 9.49. The summed E-state index contributed by atoms with van der Waals surface area (Å²) in [5, 5.41) is 10.5. The van der Waals surface area contributed by atoms with Crippen LogP contribution in [0.15, 0.2) is 40.9 Å². The summed E-state index contributed by atoms with van der Waals surface area (Å²) < 4.78 is 6.83. The molecule has 110 valence electrons. The third-order valence-electron chi connectivity index (χ3n) is 3.85. The van der Waals surface area contributed by atoms with Crippen LogP contribution in [-0.4, -0.2) is 18.3 Å². The van der Waals surface area contributed by atoms with Gasteiger partial charge in [0.05, 0.1) is 13.2 Å². The van der Waals surface area contributed by atoms with Crippen molar-refractivity contribution in [1.29, 1.82) is 0 Å². The number of halogens is 2. The molecule has 21 heavy (non-hydrogen) atoms. The van der Waals surface area contributed by atoms with E-state index >= 15 is 0 Å². The normalized spacial score (nSPS) is 14.6. The monoisotopic (exact) mass is 366 g/mol. The van der Waals surface area contributed by atoms with Crippen LogP contribution in [0.2, 0.25) is 5.02 Å². The van der Waals surface area contributed by atoms with E-state index in [1.165, 1.54) is 5.56 Å². The summed E-state index contributed by atoms with van der Waals surface area (Å²) in [4.78, 5) is 0. The fourth-order valence-electron chi connectivity index (χ4n) is 2.79. The highest BCUT2D eigenvalue weighted by Crippen LogP contribution is 2.36. The number of aliphatic hydroxyl groups is 1. The van der Waals surface area contributed by atoms with Crippen LogP contribution in [0.3, 0.4) is 0 Å². The minimum absolute atomic E-state index is 0.0462. The lowest BCUT2D eigenvalue weighted by Gasteiger charge is -2.17. The van der Waals surface area contributed by atoms with E-state index in [9.17, 15) is 5.11 Å². The quantitative estimate of drug-likeness (QED) is 0.870. The SMILES string of the molecule is OCC(Cc1cc(Br)cc2c1OCC2)c1ccc(Cl)cc1. The van der Waals surface area contributed by atoms with Crippen LogP contribution < -0.4 is 4.74 Å². The molecule has 2 nitrogen and oxygen atoms in total. The third kappa shape index (κ3) is 3.25. The number of fused-ring (bicyclic) bond motifs is 1. The average Bonchev–Trinajstić information content (AvgIpc) is 2.94. The standard InChI is InChI=1S/C17H16BrClO2/c18-15-8-12-5-6-21-17(12)13(9-15)7-14(10-20)11-1-3-16(19)4-2-11/h1-4,8-9,14,20H,5-7,10H2. The van der Waals surface area contributed by atoms with Crippen LogP contribution in [-0.2, 0) is 12.8 Å². The second kappa shape index (κ2) is 6.39. The van der Waals surface area contributed by atoms with E-state index in [0.717, 1.165) is 40.8 Å². The number of aliphatic hydroxyl groups excluding tert-OH is 1. The Morgan fingerprint density at radius 3 is 2.71 bits per heavy atom. The van der Waals surface area contributed by atoms with E-state index in [-0.39, 0.29) is 12.5 Å². The number of benzene rings is 2. The summed E-state index contributed by atoms with van der Waals surface area (Å²) in [6.07, 6.45) is 1.70. The maximum Gasteiger partial charge on any atom is 0.125 e. The van der Waals surface area contributed by atoms with E-state index in [0.29, 0.717) is 5.02 Å². The highest BCUT2D eigenvalue weighted by Gasteiger charge is 2.20. The van der Waals surface area contributed by atoms with Gasteiger partial charge in [-0.3, -0.25) is 0 Å². The predicted octanol–water partition coefficient (Wildman–Crippen LogP) is 4.36. The second-order valence-corrected chi connectivity index (χ2v) is 6.64. The zero-order valence-corrected chi connectivity index (χ0v) is 13.8. The van der Waals surface area contributed by atoms with E-state index in [2.05, 4.69) is 28.1 Å². The Kier molecular flexibility index (Phi) is 4.53. The smallest absolute Gasteiger partial charge is 0.125 e. The van der Waals surface area contributed by atoms with Crippen LogP contribution in [0.4, 0.5) is 0 Å². The van der Waals surface area contributed by atoms with Crippen molar-refractivity contribution in [2.24, 2.45) is 0 Å². The molecule has 1 heterocycles. The number of hydrogen-bond donors (Lipinski definition) is 1. The van der Waals surface area contributed by atoms with Gasteiger partial charge in [-0.15, -0.1) is 0 Å². The Labute approximate surface area is 137 Å². The maximum absolute atomic E-state index is 9.74. The molecule has 0 fully saturated rings. The zero-order valence-electron chi connectivity index (χ0n) is 11.5. The Bertz CT molecular complexity index is 640. The van der Waals surface area contributed by atoms with E-state index < -0.39 is 0 Å². The van der Waals surface area contributed by atoms with Crippen LogP contribution in [0.5, 0.6) is 5.75 Å². The average molecular weight is 368 g/mol. The van der Waals surface area contributed by atoms with Crippen molar-refractivity contribution in [1.82, 2.24) is 0 Å². The van der Waals surface area contributed by atoms with Gasteiger partial charge in [-0.2, -0.15) is 0 Å². The van der Waals surface area contributed by atoms with E-state index in [1.54, 1.807) is 0 Å². The molecule has 1 unspecified atom stereocenters. The summed E-state index contributed by atoms with van der Waals surface area (Å²) in [6, 6.07) is 11.9. The van der Waals surface area contributed by atoms with Crippen molar-refractivity contribution in [2.45, 2.75) is 18.8 Å². The molecule has 2 aromatic rings. The summed E-state index contributed by atoms with van der Waals surface area (Å²) in [6.45, 7) is 0.840. The van der Waals surface area contributed by atoms with Gasteiger partial charge in [0.25, 0.3) is 0 Å². The molecule has 0 radical (unpaired) electrons. The molecule has 1 N–H and O–H groups in total. The summed E-state index contributed by atoms with van der Waals surface area (Å²) in [5.74, 6) is 1.04. The molecule has 2 aromatic carbocycles. The molecular formula is C17H16BrClO2. The predicted molar refractivity (Wildman–Crippen MR) is 88.3 cm³/mol. The topological polar surface area (TPSA) is 29.5 Å². The van der Waals surface area contributed by atoms with E-state index in [4.69, 9.17) is 16.3 Å². The van der Waals surface area contributed by atoms with Crippen LogP contribution in [0.25, 0.3) is 0 Å². The Hall–Kier alpha value is -1.03. The van der Waals surface area contributed by atoms with Crippen LogP contribution in [0, 0.1) is 0 Å². The first-order valence-corrected chi connectivity index (χ1v) is 8.15. The maximum atomic E-state index is 9.74. The number of ether oxygens (including phenoxy) is 1. The highest BCUT2D eigenvalue weighted by molar-refractivity contribution is 9.10. The molecular weight excluding hydrogens is 352 g/mol. The molecule has 0 saturated heterocycles. The summed E-state index contributed by atoms with van der Waals surface area (Å²) in [7, 11) is 0. The lowest BCUT2D eigenvalue weighted by molar-refractivity contribution is 0.263. The van der Waals surface area contributed by atoms with Gasteiger partial charge >= 0.3 is 0 Å².